The Morgan fingerprint density at radius 2 is 1.65 bits per heavy atom. The number of benzene rings is 3. The molecule has 0 heterocycles. The van der Waals surface area contributed by atoms with Crippen molar-refractivity contribution in [2.24, 2.45) is 0 Å². The molecule has 0 fully saturated rings. The number of thioether (sulfide) groups is 1. The summed E-state index contributed by atoms with van der Waals surface area (Å²) in [6.07, 6.45) is 0. The fraction of sp³-hybridized carbons (Fsp3) is 0.0952. The molecule has 1 unspecified atom stereocenters. The summed E-state index contributed by atoms with van der Waals surface area (Å²) >= 11 is 7.60. The maximum atomic E-state index is 12.6. The second-order valence-corrected chi connectivity index (χ2v) is 7.47. The van der Waals surface area contributed by atoms with Crippen LogP contribution in [0.1, 0.15) is 6.92 Å². The van der Waals surface area contributed by atoms with Gasteiger partial charge in [-0.05, 0) is 49.4 Å². The molecular weight excluding hydrogens is 366 g/mol. The third-order valence-corrected chi connectivity index (χ3v) is 4.94. The van der Waals surface area contributed by atoms with E-state index in [1.54, 1.807) is 18.2 Å². The van der Waals surface area contributed by atoms with Gasteiger partial charge in [0.05, 0.1) is 10.9 Å². The summed E-state index contributed by atoms with van der Waals surface area (Å²) in [5.74, 6) is 1.13. The molecule has 1 amide bonds. The van der Waals surface area contributed by atoms with Gasteiger partial charge in [0.15, 0.2) is 5.75 Å². The summed E-state index contributed by atoms with van der Waals surface area (Å²) in [7, 11) is 0. The van der Waals surface area contributed by atoms with Crippen LogP contribution in [0.2, 0.25) is 5.02 Å². The Morgan fingerprint density at radius 1 is 1.00 bits per heavy atom. The summed E-state index contributed by atoms with van der Waals surface area (Å²) in [5, 5.41) is 3.19. The lowest BCUT2D eigenvalue weighted by atomic mass is 10.2. The highest BCUT2D eigenvalue weighted by Gasteiger charge is 2.17. The first-order valence-corrected chi connectivity index (χ1v) is 9.42. The first-order chi connectivity index (χ1) is 12.6. The highest BCUT2D eigenvalue weighted by atomic mass is 35.5. The Labute approximate surface area is 162 Å². The van der Waals surface area contributed by atoms with Crippen molar-refractivity contribution in [2.75, 3.05) is 5.32 Å². The molecule has 5 heteroatoms. The fourth-order valence-corrected chi connectivity index (χ4v) is 3.36. The topological polar surface area (TPSA) is 38.3 Å². The van der Waals surface area contributed by atoms with Gasteiger partial charge in [0.1, 0.15) is 5.75 Å². The van der Waals surface area contributed by atoms with Gasteiger partial charge in [0.25, 0.3) is 0 Å². The van der Waals surface area contributed by atoms with E-state index < -0.39 is 0 Å². The van der Waals surface area contributed by atoms with Gasteiger partial charge < -0.3 is 10.1 Å². The van der Waals surface area contributed by atoms with E-state index in [4.69, 9.17) is 16.3 Å². The number of carbonyl (C=O) groups is 1. The SMILES string of the molecule is CC(Sc1ccccc1)C(=O)Nc1cc(Cl)ccc1Oc1ccccc1. The predicted octanol–water partition coefficient (Wildman–Crippen LogP) is 6.25. The van der Waals surface area contributed by atoms with Crippen LogP contribution >= 0.6 is 23.4 Å². The number of rotatable bonds is 6. The molecule has 0 saturated heterocycles. The van der Waals surface area contributed by atoms with Gasteiger partial charge >= 0.3 is 0 Å². The lowest BCUT2D eigenvalue weighted by Crippen LogP contribution is -2.22. The smallest absolute Gasteiger partial charge is 0.237 e. The summed E-state index contributed by atoms with van der Waals surface area (Å²) in [6, 6.07) is 24.4. The first-order valence-electron chi connectivity index (χ1n) is 8.17. The zero-order valence-corrected chi connectivity index (χ0v) is 15.8. The van der Waals surface area contributed by atoms with Crippen LogP contribution in [-0.4, -0.2) is 11.2 Å². The minimum absolute atomic E-state index is 0.112. The van der Waals surface area contributed by atoms with Crippen molar-refractivity contribution in [1.82, 2.24) is 0 Å². The third-order valence-electron chi connectivity index (χ3n) is 3.60. The van der Waals surface area contributed by atoms with Gasteiger partial charge in [-0.1, -0.05) is 48.0 Å². The van der Waals surface area contributed by atoms with E-state index in [1.165, 1.54) is 11.8 Å². The van der Waals surface area contributed by atoms with E-state index in [0.717, 1.165) is 4.90 Å². The first kappa shape index (κ1) is 18.4. The van der Waals surface area contributed by atoms with E-state index in [2.05, 4.69) is 5.32 Å². The van der Waals surface area contributed by atoms with Crippen LogP contribution < -0.4 is 10.1 Å². The molecule has 0 spiro atoms. The van der Waals surface area contributed by atoms with Crippen LogP contribution in [0.25, 0.3) is 0 Å². The Kier molecular flexibility index (Phi) is 6.21. The fourth-order valence-electron chi connectivity index (χ4n) is 2.30. The molecule has 3 rings (SSSR count). The van der Waals surface area contributed by atoms with Gasteiger partial charge in [0, 0.05) is 9.92 Å². The van der Waals surface area contributed by atoms with Crippen LogP contribution in [0.5, 0.6) is 11.5 Å². The van der Waals surface area contributed by atoms with Gasteiger partial charge in [-0.3, -0.25) is 4.79 Å². The van der Waals surface area contributed by atoms with Crippen molar-refractivity contribution >= 4 is 35.0 Å². The number of carbonyl (C=O) groups excluding carboxylic acids is 1. The zero-order valence-electron chi connectivity index (χ0n) is 14.2. The average Bonchev–Trinajstić information content (AvgIpc) is 2.65. The van der Waals surface area contributed by atoms with E-state index in [-0.39, 0.29) is 11.2 Å². The zero-order chi connectivity index (χ0) is 18.4. The maximum absolute atomic E-state index is 12.6. The minimum Gasteiger partial charge on any atom is -0.455 e. The Morgan fingerprint density at radius 3 is 2.35 bits per heavy atom. The maximum Gasteiger partial charge on any atom is 0.237 e. The molecule has 0 aromatic heterocycles. The Bertz CT molecular complexity index is 872. The predicted molar refractivity (Wildman–Crippen MR) is 108 cm³/mol. The Hall–Kier alpha value is -2.43. The molecule has 3 nitrogen and oxygen atoms in total. The molecule has 0 aliphatic carbocycles. The number of hydrogen-bond donors (Lipinski definition) is 1. The molecule has 0 aliphatic heterocycles. The summed E-state index contributed by atoms with van der Waals surface area (Å²) in [5.41, 5.74) is 0.548. The van der Waals surface area contributed by atoms with Crippen molar-refractivity contribution in [1.29, 1.82) is 0 Å². The van der Waals surface area contributed by atoms with Crippen LogP contribution in [0.3, 0.4) is 0 Å². The van der Waals surface area contributed by atoms with Crippen LogP contribution in [-0.2, 0) is 4.79 Å². The number of nitrogens with one attached hydrogen (secondary N) is 1. The molecule has 0 bridgehead atoms. The normalized spacial score (nSPS) is 11.6. The van der Waals surface area contributed by atoms with Crippen molar-refractivity contribution in [2.45, 2.75) is 17.1 Å². The van der Waals surface area contributed by atoms with E-state index >= 15 is 0 Å². The highest BCUT2D eigenvalue weighted by Crippen LogP contribution is 2.33. The molecule has 0 aliphatic rings. The number of amides is 1. The minimum atomic E-state index is -0.263. The molecule has 26 heavy (non-hydrogen) atoms. The Balaban J connectivity index is 1.73. The molecule has 1 N–H and O–H groups in total. The standard InChI is InChI=1S/C21H18ClNO2S/c1-15(26-18-10-6-3-7-11-18)21(24)23-19-14-16(22)12-13-20(19)25-17-8-4-2-5-9-17/h2-15H,1H3,(H,23,24). The van der Waals surface area contributed by atoms with Gasteiger partial charge in [-0.2, -0.15) is 0 Å². The molecule has 132 valence electrons. The van der Waals surface area contributed by atoms with Gasteiger partial charge in [-0.25, -0.2) is 0 Å². The number of para-hydroxylation sites is 1. The quantitative estimate of drug-likeness (QED) is 0.511. The van der Waals surface area contributed by atoms with Crippen molar-refractivity contribution in [3.63, 3.8) is 0 Å². The largest absolute Gasteiger partial charge is 0.455 e. The molecule has 0 radical (unpaired) electrons. The lowest BCUT2D eigenvalue weighted by Gasteiger charge is -2.15. The van der Waals surface area contributed by atoms with Crippen molar-refractivity contribution in [3.05, 3.63) is 83.9 Å². The molecule has 0 saturated carbocycles. The second-order valence-electron chi connectivity index (χ2n) is 5.62. The lowest BCUT2D eigenvalue weighted by molar-refractivity contribution is -0.115. The number of anilines is 1. The van der Waals surface area contributed by atoms with Crippen LogP contribution in [0.15, 0.2) is 83.8 Å². The third kappa shape index (κ3) is 5.04. The molecule has 3 aromatic carbocycles. The van der Waals surface area contributed by atoms with Gasteiger partial charge in [0.2, 0.25) is 5.91 Å². The average molecular weight is 384 g/mol. The van der Waals surface area contributed by atoms with Gasteiger partial charge in [-0.15, -0.1) is 11.8 Å². The highest BCUT2D eigenvalue weighted by molar-refractivity contribution is 8.00. The molecule has 1 atom stereocenters. The summed E-state index contributed by atoms with van der Waals surface area (Å²) in [6.45, 7) is 1.87. The molecular formula is C21H18ClNO2S. The summed E-state index contributed by atoms with van der Waals surface area (Å²) < 4.78 is 5.88. The van der Waals surface area contributed by atoms with E-state index in [1.807, 2.05) is 67.6 Å². The van der Waals surface area contributed by atoms with Crippen LogP contribution in [0.4, 0.5) is 5.69 Å². The monoisotopic (exact) mass is 383 g/mol. The molecule has 3 aromatic rings. The number of ether oxygens (including phenoxy) is 1. The van der Waals surface area contributed by atoms with Crippen molar-refractivity contribution in [3.8, 4) is 11.5 Å². The van der Waals surface area contributed by atoms with Crippen LogP contribution in [0, 0.1) is 0 Å². The summed E-state index contributed by atoms with van der Waals surface area (Å²) in [4.78, 5) is 13.6. The second kappa shape index (κ2) is 8.79. The number of halogens is 1. The van der Waals surface area contributed by atoms with E-state index in [9.17, 15) is 4.79 Å². The van der Waals surface area contributed by atoms with Crippen molar-refractivity contribution < 1.29 is 9.53 Å². The number of hydrogen-bond acceptors (Lipinski definition) is 3. The van der Waals surface area contributed by atoms with E-state index in [0.29, 0.717) is 22.2 Å².